The molecule has 1 aliphatic rings. The van der Waals surface area contributed by atoms with Gasteiger partial charge in [-0.2, -0.15) is 0 Å². The zero-order valence-corrected chi connectivity index (χ0v) is 18.4. The van der Waals surface area contributed by atoms with Crippen LogP contribution >= 0.6 is 23.2 Å². The highest BCUT2D eigenvalue weighted by Crippen LogP contribution is 2.34. The van der Waals surface area contributed by atoms with Crippen molar-refractivity contribution in [2.24, 2.45) is 0 Å². The van der Waals surface area contributed by atoms with Crippen LogP contribution in [0.4, 0.5) is 0 Å². The van der Waals surface area contributed by atoms with Crippen LogP contribution in [0.15, 0.2) is 24.3 Å². The van der Waals surface area contributed by atoms with Crippen LogP contribution in [0.2, 0.25) is 10.0 Å². The number of aromatic nitrogens is 1. The zero-order chi connectivity index (χ0) is 20.1. The fourth-order valence-corrected chi connectivity index (χ4v) is 4.50. The highest BCUT2D eigenvalue weighted by Gasteiger charge is 2.22. The predicted molar refractivity (Wildman–Crippen MR) is 118 cm³/mol. The third-order valence-electron chi connectivity index (χ3n) is 5.74. The molecule has 1 aromatic heterocycles. The summed E-state index contributed by atoms with van der Waals surface area (Å²) in [5.41, 5.74) is 3.59. The average molecular weight is 421 g/mol. The Bertz CT molecular complexity index is 822. The lowest BCUT2D eigenvalue weighted by Crippen LogP contribution is -2.36. The van der Waals surface area contributed by atoms with E-state index in [9.17, 15) is 4.79 Å². The maximum absolute atomic E-state index is 13.0. The van der Waals surface area contributed by atoms with Gasteiger partial charge in [0.1, 0.15) is 0 Å². The summed E-state index contributed by atoms with van der Waals surface area (Å²) in [6.07, 6.45) is 9.21. The van der Waals surface area contributed by atoms with Gasteiger partial charge in [-0.05, 0) is 50.5 Å². The molecule has 5 heteroatoms. The molecule has 0 spiro atoms. The Hall–Kier alpha value is -1.45. The zero-order valence-electron chi connectivity index (χ0n) is 16.9. The molecule has 0 bridgehead atoms. The van der Waals surface area contributed by atoms with Crippen molar-refractivity contribution in [2.75, 3.05) is 0 Å². The minimum Gasteiger partial charge on any atom is -0.349 e. The number of carbonyl (C=O) groups excluding carboxylic acids is 1. The highest BCUT2D eigenvalue weighted by atomic mass is 35.5. The van der Waals surface area contributed by atoms with Crippen LogP contribution in [0.1, 0.15) is 74.3 Å². The molecular weight excluding hydrogens is 391 g/mol. The van der Waals surface area contributed by atoms with Crippen molar-refractivity contribution in [1.29, 1.82) is 0 Å². The largest absolute Gasteiger partial charge is 0.349 e. The molecule has 0 radical (unpaired) electrons. The molecule has 1 N–H and O–H groups in total. The van der Waals surface area contributed by atoms with Crippen LogP contribution in [0.3, 0.4) is 0 Å². The smallest absolute Gasteiger partial charge is 0.253 e. The summed E-state index contributed by atoms with van der Waals surface area (Å²) in [5.74, 6) is 0.0260. The van der Waals surface area contributed by atoms with Crippen LogP contribution in [-0.2, 0) is 6.54 Å². The predicted octanol–water partition coefficient (Wildman–Crippen LogP) is 7.02. The molecule has 1 amide bonds. The third-order valence-corrected chi connectivity index (χ3v) is 6.31. The van der Waals surface area contributed by atoms with Gasteiger partial charge in [0.2, 0.25) is 0 Å². The van der Waals surface area contributed by atoms with E-state index in [1.54, 1.807) is 6.07 Å². The van der Waals surface area contributed by atoms with Gasteiger partial charge in [-0.15, -0.1) is 0 Å². The summed E-state index contributed by atoms with van der Waals surface area (Å²) in [6, 6.07) is 7.78. The van der Waals surface area contributed by atoms with Gasteiger partial charge < -0.3 is 9.88 Å². The van der Waals surface area contributed by atoms with E-state index in [0.29, 0.717) is 16.1 Å². The average Bonchev–Trinajstić information content (AvgIpc) is 3.01. The second-order valence-corrected chi connectivity index (χ2v) is 8.66. The number of unbranched alkanes of at least 4 members (excludes halogenated alkanes) is 2. The molecule has 152 valence electrons. The number of rotatable bonds is 7. The lowest BCUT2D eigenvalue weighted by molar-refractivity contribution is 0.0927. The Balaban J connectivity index is 1.94. The molecule has 2 aromatic rings. The number of benzene rings is 1. The van der Waals surface area contributed by atoms with Crippen LogP contribution < -0.4 is 5.32 Å². The Morgan fingerprint density at radius 2 is 1.89 bits per heavy atom. The summed E-state index contributed by atoms with van der Waals surface area (Å²) in [6.45, 7) is 5.10. The summed E-state index contributed by atoms with van der Waals surface area (Å²) in [7, 11) is 0. The Kier molecular flexibility index (Phi) is 7.48. The van der Waals surface area contributed by atoms with Crippen molar-refractivity contribution in [2.45, 2.75) is 77.8 Å². The van der Waals surface area contributed by atoms with Crippen LogP contribution in [-0.4, -0.2) is 16.5 Å². The molecule has 28 heavy (non-hydrogen) atoms. The van der Waals surface area contributed by atoms with Crippen molar-refractivity contribution in [1.82, 2.24) is 9.88 Å². The van der Waals surface area contributed by atoms with Gasteiger partial charge in [0, 0.05) is 33.9 Å². The van der Waals surface area contributed by atoms with Gasteiger partial charge in [-0.3, -0.25) is 4.79 Å². The SMILES string of the molecule is CCCCCn1c(-c2cc(Cl)ccc2Cl)cc(C(=O)NC2CCCCC2)c1C. The standard InChI is InChI=1S/C23H30Cl2N2O/c1-3-4-8-13-27-16(2)19(23(28)26-18-9-6-5-7-10-18)15-22(27)20-14-17(24)11-12-21(20)25/h11-12,14-15,18H,3-10,13H2,1-2H3,(H,26,28). The molecule has 1 fully saturated rings. The first-order valence-electron chi connectivity index (χ1n) is 10.5. The third kappa shape index (κ3) is 4.93. The van der Waals surface area contributed by atoms with Crippen molar-refractivity contribution in [3.63, 3.8) is 0 Å². The van der Waals surface area contributed by atoms with E-state index in [4.69, 9.17) is 23.2 Å². The van der Waals surface area contributed by atoms with Gasteiger partial charge >= 0.3 is 0 Å². The molecule has 0 aliphatic heterocycles. The van der Waals surface area contributed by atoms with E-state index in [1.165, 1.54) is 19.3 Å². The van der Waals surface area contributed by atoms with E-state index in [0.717, 1.165) is 61.2 Å². The topological polar surface area (TPSA) is 34.0 Å². The quantitative estimate of drug-likeness (QED) is 0.479. The Morgan fingerprint density at radius 1 is 1.14 bits per heavy atom. The van der Waals surface area contributed by atoms with E-state index < -0.39 is 0 Å². The summed E-state index contributed by atoms with van der Waals surface area (Å²) in [4.78, 5) is 13.0. The van der Waals surface area contributed by atoms with E-state index in [2.05, 4.69) is 16.8 Å². The lowest BCUT2D eigenvalue weighted by Gasteiger charge is -2.22. The summed E-state index contributed by atoms with van der Waals surface area (Å²) in [5, 5.41) is 4.55. The molecule has 0 atom stereocenters. The number of amides is 1. The van der Waals surface area contributed by atoms with Crippen molar-refractivity contribution in [3.8, 4) is 11.3 Å². The normalized spacial score (nSPS) is 15.0. The first kappa shape index (κ1) is 21.3. The maximum Gasteiger partial charge on any atom is 0.253 e. The summed E-state index contributed by atoms with van der Waals surface area (Å²) < 4.78 is 2.23. The van der Waals surface area contributed by atoms with Gasteiger partial charge in [0.25, 0.3) is 5.91 Å². The molecule has 3 nitrogen and oxygen atoms in total. The molecule has 1 aliphatic carbocycles. The molecule has 0 saturated heterocycles. The van der Waals surface area contributed by atoms with Crippen LogP contribution in [0.5, 0.6) is 0 Å². The molecule has 1 aromatic carbocycles. The van der Waals surface area contributed by atoms with E-state index in [-0.39, 0.29) is 5.91 Å². The minimum atomic E-state index is 0.0260. The molecule has 0 unspecified atom stereocenters. The fraction of sp³-hybridized carbons (Fsp3) is 0.522. The van der Waals surface area contributed by atoms with Crippen molar-refractivity contribution in [3.05, 3.63) is 45.6 Å². The van der Waals surface area contributed by atoms with E-state index >= 15 is 0 Å². The first-order valence-corrected chi connectivity index (χ1v) is 11.2. The molecular formula is C23H30Cl2N2O. The number of nitrogens with zero attached hydrogens (tertiary/aromatic N) is 1. The van der Waals surface area contributed by atoms with Gasteiger partial charge in [0.05, 0.1) is 11.3 Å². The molecule has 1 saturated carbocycles. The van der Waals surface area contributed by atoms with E-state index in [1.807, 2.05) is 25.1 Å². The molecule has 1 heterocycles. The molecule has 3 rings (SSSR count). The fourth-order valence-electron chi connectivity index (χ4n) is 4.11. The second kappa shape index (κ2) is 9.84. The minimum absolute atomic E-state index is 0.0260. The highest BCUT2D eigenvalue weighted by molar-refractivity contribution is 6.35. The monoisotopic (exact) mass is 420 g/mol. The Labute approximate surface area is 178 Å². The van der Waals surface area contributed by atoms with Crippen LogP contribution in [0, 0.1) is 6.92 Å². The van der Waals surface area contributed by atoms with Crippen molar-refractivity contribution >= 4 is 29.1 Å². The second-order valence-electron chi connectivity index (χ2n) is 7.82. The first-order chi connectivity index (χ1) is 13.5. The lowest BCUT2D eigenvalue weighted by atomic mass is 9.95. The number of hydrogen-bond acceptors (Lipinski definition) is 1. The number of hydrogen-bond donors (Lipinski definition) is 1. The van der Waals surface area contributed by atoms with Gasteiger partial charge in [-0.25, -0.2) is 0 Å². The van der Waals surface area contributed by atoms with Crippen molar-refractivity contribution < 1.29 is 4.79 Å². The van der Waals surface area contributed by atoms with Gasteiger partial charge in [-0.1, -0.05) is 62.2 Å². The van der Waals surface area contributed by atoms with Crippen LogP contribution in [0.25, 0.3) is 11.3 Å². The summed E-state index contributed by atoms with van der Waals surface area (Å²) >= 11 is 12.7. The number of halogens is 2. The Morgan fingerprint density at radius 3 is 2.61 bits per heavy atom. The number of carbonyl (C=O) groups is 1. The van der Waals surface area contributed by atoms with Gasteiger partial charge in [0.15, 0.2) is 0 Å². The maximum atomic E-state index is 13.0. The number of nitrogens with one attached hydrogen (secondary N) is 1.